The summed E-state index contributed by atoms with van der Waals surface area (Å²) in [7, 11) is 0. The minimum Gasteiger partial charge on any atom is -0.462 e. The summed E-state index contributed by atoms with van der Waals surface area (Å²) in [6.45, 7) is 1.72. The number of ketones is 1. The molecule has 0 amide bonds. The van der Waals surface area contributed by atoms with E-state index in [2.05, 4.69) is 0 Å². The molecule has 2 aromatic carbocycles. The van der Waals surface area contributed by atoms with Crippen molar-refractivity contribution >= 4 is 29.0 Å². The number of benzene rings is 2. The molecule has 0 bridgehead atoms. The Morgan fingerprint density at radius 3 is 2.61 bits per heavy atom. The van der Waals surface area contributed by atoms with Gasteiger partial charge in [0.2, 0.25) is 5.88 Å². The minimum absolute atomic E-state index is 0.0567. The highest BCUT2D eigenvalue weighted by molar-refractivity contribution is 6.32. The Morgan fingerprint density at radius 2 is 1.94 bits per heavy atom. The van der Waals surface area contributed by atoms with Crippen molar-refractivity contribution in [1.82, 2.24) is 0 Å². The SMILES string of the molecule is CCOC(=O)C1=C(N)OC2=C(C(=O)C[C@@H](c3ccccc3)C2)[C@H]1c1ccc(Cl)c([N+](=O)[O-])c1. The molecular formula is C24H21ClN2O6. The number of nitrogens with zero attached hydrogens (tertiary/aromatic N) is 1. The lowest BCUT2D eigenvalue weighted by molar-refractivity contribution is -0.384. The summed E-state index contributed by atoms with van der Waals surface area (Å²) in [5.74, 6) is -1.88. The Bertz CT molecular complexity index is 1200. The molecular weight excluding hydrogens is 448 g/mol. The first-order valence-electron chi connectivity index (χ1n) is 10.4. The van der Waals surface area contributed by atoms with Crippen LogP contribution in [0.2, 0.25) is 5.02 Å². The van der Waals surface area contributed by atoms with Crippen molar-refractivity contribution in [1.29, 1.82) is 0 Å². The van der Waals surface area contributed by atoms with Crippen LogP contribution in [0.3, 0.4) is 0 Å². The van der Waals surface area contributed by atoms with E-state index in [1.807, 2.05) is 30.3 Å². The fourth-order valence-corrected chi connectivity index (χ4v) is 4.55. The lowest BCUT2D eigenvalue weighted by Crippen LogP contribution is -2.33. The van der Waals surface area contributed by atoms with Gasteiger partial charge in [0.1, 0.15) is 16.4 Å². The molecule has 0 unspecified atom stereocenters. The second-order valence-corrected chi connectivity index (χ2v) is 8.18. The maximum absolute atomic E-state index is 13.4. The molecule has 0 saturated carbocycles. The third-order valence-corrected chi connectivity index (χ3v) is 6.13. The van der Waals surface area contributed by atoms with E-state index in [1.165, 1.54) is 12.1 Å². The number of allylic oxidation sites excluding steroid dienone is 2. The van der Waals surface area contributed by atoms with Crippen LogP contribution in [-0.4, -0.2) is 23.3 Å². The number of ether oxygens (including phenoxy) is 2. The molecule has 0 aromatic heterocycles. The van der Waals surface area contributed by atoms with E-state index in [0.29, 0.717) is 17.7 Å². The van der Waals surface area contributed by atoms with Crippen molar-refractivity contribution in [2.75, 3.05) is 6.61 Å². The van der Waals surface area contributed by atoms with Crippen molar-refractivity contribution < 1.29 is 24.0 Å². The standard InChI is InChI=1S/C24H21ClN2O6/c1-2-32-24(29)22-20(14-8-9-16(25)17(10-14)27(30)31)21-18(28)11-15(12-19(21)33-23(22)26)13-6-4-3-5-7-13/h3-10,15,20H,2,11-12,26H2,1H3/t15-,20-/m1/s1. The second kappa shape index (κ2) is 9.07. The van der Waals surface area contributed by atoms with Crippen molar-refractivity contribution in [2.45, 2.75) is 31.6 Å². The van der Waals surface area contributed by atoms with E-state index in [0.717, 1.165) is 5.56 Å². The Labute approximate surface area is 194 Å². The number of hydrogen-bond acceptors (Lipinski definition) is 7. The van der Waals surface area contributed by atoms with Crippen LogP contribution in [0.4, 0.5) is 5.69 Å². The molecule has 1 aliphatic carbocycles. The Morgan fingerprint density at radius 1 is 1.21 bits per heavy atom. The molecule has 2 aromatic rings. The monoisotopic (exact) mass is 468 g/mol. The van der Waals surface area contributed by atoms with Crippen LogP contribution in [0.1, 0.15) is 42.7 Å². The number of halogens is 1. The normalized spacial score (nSPS) is 20.2. The van der Waals surface area contributed by atoms with Gasteiger partial charge in [-0.3, -0.25) is 14.9 Å². The Balaban J connectivity index is 1.85. The van der Waals surface area contributed by atoms with Crippen molar-refractivity contribution in [3.05, 3.63) is 97.6 Å². The van der Waals surface area contributed by atoms with Crippen LogP contribution in [0.5, 0.6) is 0 Å². The zero-order valence-corrected chi connectivity index (χ0v) is 18.5. The third-order valence-electron chi connectivity index (χ3n) is 5.81. The number of nitro groups is 1. The smallest absolute Gasteiger partial charge is 0.340 e. The largest absolute Gasteiger partial charge is 0.462 e. The molecule has 0 fully saturated rings. The van der Waals surface area contributed by atoms with E-state index < -0.39 is 16.8 Å². The number of hydrogen-bond donors (Lipinski definition) is 1. The van der Waals surface area contributed by atoms with E-state index in [1.54, 1.807) is 13.0 Å². The first kappa shape index (κ1) is 22.5. The van der Waals surface area contributed by atoms with Gasteiger partial charge in [-0.2, -0.15) is 0 Å². The van der Waals surface area contributed by atoms with Gasteiger partial charge in [-0.05, 0) is 30.0 Å². The predicted molar refractivity (Wildman–Crippen MR) is 120 cm³/mol. The molecule has 33 heavy (non-hydrogen) atoms. The summed E-state index contributed by atoms with van der Waals surface area (Å²) in [6, 6.07) is 13.7. The Kier molecular flexibility index (Phi) is 6.20. The lowest BCUT2D eigenvalue weighted by Gasteiger charge is -2.35. The fourth-order valence-electron chi connectivity index (χ4n) is 4.36. The minimum atomic E-state index is -0.965. The van der Waals surface area contributed by atoms with Crippen molar-refractivity contribution in [3.8, 4) is 0 Å². The van der Waals surface area contributed by atoms with Gasteiger partial charge in [0, 0.05) is 24.5 Å². The highest BCUT2D eigenvalue weighted by Gasteiger charge is 2.43. The number of rotatable bonds is 5. The van der Waals surface area contributed by atoms with Gasteiger partial charge in [0.25, 0.3) is 5.69 Å². The van der Waals surface area contributed by atoms with Crippen LogP contribution < -0.4 is 5.73 Å². The highest BCUT2D eigenvalue weighted by atomic mass is 35.5. The summed E-state index contributed by atoms with van der Waals surface area (Å²) in [5.41, 5.74) is 7.34. The van der Waals surface area contributed by atoms with Crippen LogP contribution in [0.15, 0.2) is 71.3 Å². The number of nitro benzene ring substituents is 1. The first-order valence-corrected chi connectivity index (χ1v) is 10.8. The van der Waals surface area contributed by atoms with Gasteiger partial charge in [-0.15, -0.1) is 0 Å². The van der Waals surface area contributed by atoms with Gasteiger partial charge in [-0.1, -0.05) is 48.0 Å². The topological polar surface area (TPSA) is 122 Å². The van der Waals surface area contributed by atoms with Crippen LogP contribution in [-0.2, 0) is 19.1 Å². The van der Waals surface area contributed by atoms with Gasteiger partial charge in [-0.25, -0.2) is 4.79 Å². The molecule has 1 aliphatic heterocycles. The molecule has 1 heterocycles. The van der Waals surface area contributed by atoms with Crippen LogP contribution in [0.25, 0.3) is 0 Å². The summed E-state index contributed by atoms with van der Waals surface area (Å²) >= 11 is 5.99. The molecule has 9 heteroatoms. The molecule has 4 rings (SSSR count). The number of nitrogens with two attached hydrogens (primary N) is 1. The van der Waals surface area contributed by atoms with Crippen LogP contribution in [0, 0.1) is 10.1 Å². The molecule has 2 aliphatic rings. The summed E-state index contributed by atoms with van der Waals surface area (Å²) in [5, 5.41) is 11.4. The predicted octanol–water partition coefficient (Wildman–Crippen LogP) is 4.50. The second-order valence-electron chi connectivity index (χ2n) is 7.78. The number of carbonyl (C=O) groups is 2. The quantitative estimate of drug-likeness (QED) is 0.389. The van der Waals surface area contributed by atoms with Crippen molar-refractivity contribution in [2.24, 2.45) is 5.73 Å². The molecule has 2 atom stereocenters. The van der Waals surface area contributed by atoms with Crippen molar-refractivity contribution in [3.63, 3.8) is 0 Å². The average molecular weight is 469 g/mol. The first-order chi connectivity index (χ1) is 15.8. The zero-order chi connectivity index (χ0) is 23.7. The van der Waals surface area contributed by atoms with Crippen LogP contribution >= 0.6 is 11.6 Å². The number of esters is 1. The van der Waals surface area contributed by atoms with E-state index in [-0.39, 0.29) is 52.5 Å². The molecule has 2 N–H and O–H groups in total. The Hall–Kier alpha value is -3.65. The van der Waals surface area contributed by atoms with E-state index in [4.69, 9.17) is 26.8 Å². The van der Waals surface area contributed by atoms with Gasteiger partial charge < -0.3 is 15.2 Å². The fraction of sp³-hybridized carbons (Fsp3) is 0.250. The van der Waals surface area contributed by atoms with Gasteiger partial charge in [0.05, 0.1) is 17.4 Å². The average Bonchev–Trinajstić information content (AvgIpc) is 2.79. The number of Topliss-reactive ketones (excluding diaryl/α,β-unsaturated/α-hetero) is 1. The summed E-state index contributed by atoms with van der Waals surface area (Å²) < 4.78 is 11.0. The number of carbonyl (C=O) groups excluding carboxylic acids is 2. The third kappa shape index (κ3) is 4.21. The zero-order valence-electron chi connectivity index (χ0n) is 17.7. The molecule has 0 radical (unpaired) electrons. The molecule has 170 valence electrons. The maximum atomic E-state index is 13.4. The molecule has 0 saturated heterocycles. The van der Waals surface area contributed by atoms with E-state index in [9.17, 15) is 19.7 Å². The summed E-state index contributed by atoms with van der Waals surface area (Å²) in [4.78, 5) is 37.1. The van der Waals surface area contributed by atoms with Gasteiger partial charge in [0.15, 0.2) is 5.78 Å². The highest BCUT2D eigenvalue weighted by Crippen LogP contribution is 2.48. The lowest BCUT2D eigenvalue weighted by atomic mass is 9.73. The van der Waals surface area contributed by atoms with E-state index >= 15 is 0 Å². The molecule has 0 spiro atoms. The summed E-state index contributed by atoms with van der Waals surface area (Å²) in [6.07, 6.45) is 0.600. The van der Waals surface area contributed by atoms with Gasteiger partial charge >= 0.3 is 5.97 Å². The molecule has 8 nitrogen and oxygen atoms in total. The maximum Gasteiger partial charge on any atom is 0.340 e.